The second-order valence-electron chi connectivity index (χ2n) is 8.97. The number of amides is 1. The lowest BCUT2D eigenvalue weighted by Gasteiger charge is -2.37. The number of benzene rings is 2. The van der Waals surface area contributed by atoms with Crippen LogP contribution in [0.15, 0.2) is 57.8 Å². The van der Waals surface area contributed by atoms with Gasteiger partial charge in [0.25, 0.3) is 5.56 Å². The third-order valence-electron chi connectivity index (χ3n) is 6.80. The van der Waals surface area contributed by atoms with Crippen molar-refractivity contribution in [1.82, 2.24) is 14.4 Å². The highest BCUT2D eigenvalue weighted by Crippen LogP contribution is 2.31. The van der Waals surface area contributed by atoms with Crippen molar-refractivity contribution in [3.05, 3.63) is 68.9 Å². The summed E-state index contributed by atoms with van der Waals surface area (Å²) in [7, 11) is 0. The Morgan fingerprint density at radius 2 is 1.77 bits per heavy atom. The first-order chi connectivity index (χ1) is 17.0. The van der Waals surface area contributed by atoms with Crippen LogP contribution in [0, 0.1) is 0 Å². The van der Waals surface area contributed by atoms with Gasteiger partial charge in [-0.25, -0.2) is 4.79 Å². The number of aromatic nitrogens is 1. The highest BCUT2D eigenvalue weighted by Gasteiger charge is 2.28. The quantitative estimate of drug-likeness (QED) is 0.504. The van der Waals surface area contributed by atoms with Crippen LogP contribution in [0.3, 0.4) is 0 Å². The van der Waals surface area contributed by atoms with Crippen molar-refractivity contribution >= 4 is 32.9 Å². The van der Waals surface area contributed by atoms with Gasteiger partial charge in [0.1, 0.15) is 13.2 Å². The normalized spacial score (nSPS) is 16.4. The zero-order chi connectivity index (χ0) is 24.4. The minimum Gasteiger partial charge on any atom is -0.486 e. The fourth-order valence-electron chi connectivity index (χ4n) is 4.95. The fourth-order valence-corrected chi connectivity index (χ4v) is 5.41. The molecule has 1 amide bonds. The lowest BCUT2D eigenvalue weighted by molar-refractivity contribution is 0.0856. The molecule has 0 spiro atoms. The van der Waals surface area contributed by atoms with E-state index in [1.807, 2.05) is 53.1 Å². The summed E-state index contributed by atoms with van der Waals surface area (Å²) >= 11 is 3.40. The first-order valence-corrected chi connectivity index (χ1v) is 12.7. The van der Waals surface area contributed by atoms with Gasteiger partial charge in [0.15, 0.2) is 11.5 Å². The minimum absolute atomic E-state index is 0.0323. The van der Waals surface area contributed by atoms with Crippen molar-refractivity contribution in [2.24, 2.45) is 0 Å². The van der Waals surface area contributed by atoms with E-state index < -0.39 is 6.09 Å². The molecule has 5 rings (SSSR count). The van der Waals surface area contributed by atoms with Gasteiger partial charge in [-0.3, -0.25) is 4.79 Å². The average molecular weight is 542 g/mol. The topological polar surface area (TPSA) is 84.2 Å². The average Bonchev–Trinajstić information content (AvgIpc) is 2.88. The summed E-state index contributed by atoms with van der Waals surface area (Å²) in [6.45, 7) is 4.24. The number of likely N-dealkylation sites (tertiary alicyclic amines) is 1. The molecular formula is C26H28BrN3O5. The third-order valence-corrected chi connectivity index (χ3v) is 7.37. The Labute approximate surface area is 211 Å². The molecule has 1 fully saturated rings. The van der Waals surface area contributed by atoms with Gasteiger partial charge in [0.2, 0.25) is 0 Å². The molecule has 2 aromatic carbocycles. The van der Waals surface area contributed by atoms with Crippen LogP contribution < -0.4 is 15.0 Å². The second-order valence-corrected chi connectivity index (χ2v) is 9.82. The van der Waals surface area contributed by atoms with Gasteiger partial charge in [-0.05, 0) is 64.0 Å². The van der Waals surface area contributed by atoms with E-state index >= 15 is 0 Å². The van der Waals surface area contributed by atoms with Crippen LogP contribution in [0.1, 0.15) is 18.4 Å². The third kappa shape index (κ3) is 5.16. The fraction of sp³-hybridized carbons (Fsp3) is 0.385. The standard InChI is InChI=1S/C26H28BrN3O5/c27-21-16-19-3-1-2-4-22(19)29(25(21)31)12-11-28-9-7-20(8-10-28)30(26(32)33)17-18-5-6-23-24(15-18)35-14-13-34-23/h1-6,15-16,20H,7-14,17H2,(H,32,33). The Hall–Kier alpha value is -3.04. The molecule has 2 aliphatic heterocycles. The number of hydrogen-bond donors (Lipinski definition) is 1. The first kappa shape index (κ1) is 23.7. The van der Waals surface area contributed by atoms with E-state index in [-0.39, 0.29) is 11.6 Å². The number of pyridine rings is 1. The molecule has 1 saturated heterocycles. The monoisotopic (exact) mass is 541 g/mol. The number of para-hydroxylation sites is 1. The Bertz CT molecular complexity index is 1290. The summed E-state index contributed by atoms with van der Waals surface area (Å²) in [5.41, 5.74) is 1.78. The van der Waals surface area contributed by atoms with Crippen LogP contribution >= 0.6 is 15.9 Å². The zero-order valence-corrected chi connectivity index (χ0v) is 20.9. The molecule has 9 heteroatoms. The van der Waals surface area contributed by atoms with Gasteiger partial charge >= 0.3 is 6.09 Å². The highest BCUT2D eigenvalue weighted by atomic mass is 79.9. The van der Waals surface area contributed by atoms with Crippen molar-refractivity contribution in [3.8, 4) is 11.5 Å². The molecule has 0 unspecified atom stereocenters. The second kappa shape index (κ2) is 10.3. The molecule has 0 radical (unpaired) electrons. The van der Waals surface area contributed by atoms with Crippen molar-refractivity contribution in [3.63, 3.8) is 0 Å². The predicted octanol–water partition coefficient (Wildman–Crippen LogP) is 4.18. The molecule has 0 saturated carbocycles. The number of piperidine rings is 1. The van der Waals surface area contributed by atoms with Gasteiger partial charge in [0, 0.05) is 38.8 Å². The Kier molecular flexibility index (Phi) is 6.97. The lowest BCUT2D eigenvalue weighted by atomic mass is 10.0. The lowest BCUT2D eigenvalue weighted by Crippen LogP contribution is -2.47. The molecule has 0 aliphatic carbocycles. The molecule has 1 N–H and O–H groups in total. The molecule has 35 heavy (non-hydrogen) atoms. The van der Waals surface area contributed by atoms with E-state index in [1.54, 1.807) is 0 Å². The zero-order valence-electron chi connectivity index (χ0n) is 19.4. The van der Waals surface area contributed by atoms with E-state index in [1.165, 1.54) is 4.90 Å². The van der Waals surface area contributed by atoms with E-state index in [4.69, 9.17) is 9.47 Å². The maximum Gasteiger partial charge on any atom is 0.407 e. The SMILES string of the molecule is O=C(O)N(Cc1ccc2c(c1)OCCO2)C1CCN(CCn2c(=O)c(Br)cc3ccccc32)CC1. The van der Waals surface area contributed by atoms with Crippen LogP contribution in [0.5, 0.6) is 11.5 Å². The Morgan fingerprint density at radius 1 is 1.03 bits per heavy atom. The summed E-state index contributed by atoms with van der Waals surface area (Å²) < 4.78 is 13.6. The van der Waals surface area contributed by atoms with Crippen LogP contribution in [-0.2, 0) is 13.1 Å². The van der Waals surface area contributed by atoms with Gasteiger partial charge in [-0.15, -0.1) is 0 Å². The number of nitrogens with zero attached hydrogens (tertiary/aromatic N) is 3. The van der Waals surface area contributed by atoms with E-state index in [9.17, 15) is 14.7 Å². The number of carbonyl (C=O) groups is 1. The van der Waals surface area contributed by atoms with E-state index in [0.717, 1.165) is 48.9 Å². The van der Waals surface area contributed by atoms with Gasteiger partial charge in [0.05, 0.1) is 9.99 Å². The number of ether oxygens (including phenoxy) is 2. The largest absolute Gasteiger partial charge is 0.486 e. The molecule has 2 aliphatic rings. The molecule has 184 valence electrons. The first-order valence-electron chi connectivity index (χ1n) is 11.9. The highest BCUT2D eigenvalue weighted by molar-refractivity contribution is 9.10. The van der Waals surface area contributed by atoms with E-state index in [2.05, 4.69) is 20.8 Å². The van der Waals surface area contributed by atoms with Crippen LogP contribution in [-0.4, -0.2) is 64.5 Å². The molecule has 1 aromatic heterocycles. The number of fused-ring (bicyclic) bond motifs is 2. The van der Waals surface area contributed by atoms with Crippen molar-refractivity contribution in [2.75, 3.05) is 32.8 Å². The number of hydrogen-bond acceptors (Lipinski definition) is 5. The smallest absolute Gasteiger partial charge is 0.407 e. The summed E-state index contributed by atoms with van der Waals surface area (Å²) in [6, 6.07) is 15.3. The number of halogens is 1. The molecule has 3 aromatic rings. The van der Waals surface area contributed by atoms with Gasteiger partial charge in [-0.1, -0.05) is 24.3 Å². The Balaban J connectivity index is 1.21. The molecule has 8 nitrogen and oxygen atoms in total. The van der Waals surface area contributed by atoms with Crippen LogP contribution in [0.4, 0.5) is 4.79 Å². The van der Waals surface area contributed by atoms with Crippen molar-refractivity contribution in [2.45, 2.75) is 32.0 Å². The summed E-state index contributed by atoms with van der Waals surface area (Å²) in [4.78, 5) is 28.7. The van der Waals surface area contributed by atoms with E-state index in [0.29, 0.717) is 42.3 Å². The molecule has 0 bridgehead atoms. The molecule has 3 heterocycles. The number of rotatable bonds is 6. The number of carboxylic acid groups (broad SMARTS) is 1. The van der Waals surface area contributed by atoms with Gasteiger partial charge in [-0.2, -0.15) is 0 Å². The van der Waals surface area contributed by atoms with Crippen LogP contribution in [0.25, 0.3) is 10.9 Å². The maximum atomic E-state index is 12.7. The maximum absolute atomic E-state index is 12.7. The van der Waals surface area contributed by atoms with Crippen LogP contribution in [0.2, 0.25) is 0 Å². The summed E-state index contributed by atoms with van der Waals surface area (Å²) in [5.74, 6) is 1.37. The van der Waals surface area contributed by atoms with Crippen molar-refractivity contribution < 1.29 is 19.4 Å². The summed E-state index contributed by atoms with van der Waals surface area (Å²) in [5, 5.41) is 10.9. The summed E-state index contributed by atoms with van der Waals surface area (Å²) in [6.07, 6.45) is 0.598. The molecular weight excluding hydrogens is 514 g/mol. The predicted molar refractivity (Wildman–Crippen MR) is 136 cm³/mol. The van der Waals surface area contributed by atoms with Gasteiger partial charge < -0.3 is 28.9 Å². The Morgan fingerprint density at radius 3 is 2.54 bits per heavy atom. The molecule has 0 atom stereocenters. The van der Waals surface area contributed by atoms with Crippen molar-refractivity contribution in [1.29, 1.82) is 0 Å². The minimum atomic E-state index is -0.912.